The van der Waals surface area contributed by atoms with E-state index in [1.54, 1.807) is 27.0 Å². The molecule has 1 fully saturated rings. The number of carbonyl (C=O) groups is 2. The van der Waals surface area contributed by atoms with Gasteiger partial charge < -0.3 is 29.5 Å². The van der Waals surface area contributed by atoms with Crippen molar-refractivity contribution < 1.29 is 28.9 Å². The topological polar surface area (TPSA) is 97.3 Å². The number of carbonyl (C=O) groups excluding carboxylic acids is 2. The molecule has 2 heterocycles. The molecule has 1 aromatic rings. The van der Waals surface area contributed by atoms with Crippen molar-refractivity contribution in [3.63, 3.8) is 0 Å². The summed E-state index contributed by atoms with van der Waals surface area (Å²) in [5.41, 5.74) is 1.26. The van der Waals surface area contributed by atoms with E-state index < -0.39 is 12.0 Å². The Morgan fingerprint density at radius 2 is 2.21 bits per heavy atom. The molecule has 3 rings (SSSR count). The molecular weight excluding hydrogens is 400 g/mol. The number of halogens is 1. The summed E-state index contributed by atoms with van der Waals surface area (Å²) < 4.78 is 16.4. The molecule has 0 radical (unpaired) electrons. The van der Waals surface area contributed by atoms with Crippen molar-refractivity contribution in [2.45, 2.75) is 38.8 Å². The second kappa shape index (κ2) is 8.92. The van der Waals surface area contributed by atoms with Gasteiger partial charge in [0.05, 0.1) is 29.3 Å². The maximum absolute atomic E-state index is 12.9. The van der Waals surface area contributed by atoms with E-state index in [2.05, 4.69) is 5.32 Å². The van der Waals surface area contributed by atoms with Crippen LogP contribution in [0.15, 0.2) is 23.4 Å². The molecule has 0 aromatic heterocycles. The zero-order valence-electron chi connectivity index (χ0n) is 16.7. The molecule has 2 atom stereocenters. The molecular formula is C20H25ClN2O6. The molecule has 9 heteroatoms. The quantitative estimate of drug-likeness (QED) is 0.681. The van der Waals surface area contributed by atoms with Crippen LogP contribution in [0.2, 0.25) is 5.02 Å². The van der Waals surface area contributed by atoms with E-state index in [4.69, 9.17) is 25.8 Å². The van der Waals surface area contributed by atoms with Crippen LogP contribution in [0.3, 0.4) is 0 Å². The number of phenolic OH excluding ortho intramolecular Hbond substituents is 1. The first-order valence-electron chi connectivity index (χ1n) is 9.52. The van der Waals surface area contributed by atoms with Crippen LogP contribution in [0.25, 0.3) is 0 Å². The minimum atomic E-state index is -0.798. The molecule has 0 aliphatic carbocycles. The Morgan fingerprint density at radius 3 is 2.86 bits per heavy atom. The van der Waals surface area contributed by atoms with Crippen molar-refractivity contribution >= 4 is 23.6 Å². The molecule has 0 spiro atoms. The highest BCUT2D eigenvalue weighted by Crippen LogP contribution is 2.40. The van der Waals surface area contributed by atoms with Crippen molar-refractivity contribution in [2.24, 2.45) is 0 Å². The summed E-state index contributed by atoms with van der Waals surface area (Å²) in [6.07, 6.45) is 1.68. The summed E-state index contributed by atoms with van der Waals surface area (Å²) in [5, 5.41) is 13.0. The lowest BCUT2D eigenvalue weighted by atomic mass is 9.94. The van der Waals surface area contributed by atoms with Gasteiger partial charge in [0.25, 0.3) is 0 Å². The van der Waals surface area contributed by atoms with Gasteiger partial charge in [-0.3, -0.25) is 0 Å². The summed E-state index contributed by atoms with van der Waals surface area (Å²) in [6.45, 7) is 4.59. The SMILES string of the molecule is CCOc1cc([C@H]2NC(=O)N(C)C(C)=C2C(=O)OC[C@@H]2CCCO2)cc(Cl)c1O. The van der Waals surface area contributed by atoms with Crippen LogP contribution >= 0.6 is 11.6 Å². The van der Waals surface area contributed by atoms with Crippen molar-refractivity contribution in [2.75, 3.05) is 26.9 Å². The molecule has 29 heavy (non-hydrogen) atoms. The number of urea groups is 1. The van der Waals surface area contributed by atoms with Gasteiger partial charge in [0.15, 0.2) is 11.5 Å². The van der Waals surface area contributed by atoms with E-state index >= 15 is 0 Å². The Labute approximate surface area is 174 Å². The third kappa shape index (κ3) is 4.43. The number of nitrogens with zero attached hydrogens (tertiary/aromatic N) is 1. The third-order valence-electron chi connectivity index (χ3n) is 5.08. The Hall–Kier alpha value is -2.45. The predicted octanol–water partition coefficient (Wildman–Crippen LogP) is 3.14. The third-order valence-corrected chi connectivity index (χ3v) is 5.37. The van der Waals surface area contributed by atoms with E-state index in [9.17, 15) is 14.7 Å². The summed E-state index contributed by atoms with van der Waals surface area (Å²) >= 11 is 6.15. The second-order valence-electron chi connectivity index (χ2n) is 6.96. The first kappa shape index (κ1) is 21.3. The molecule has 0 saturated carbocycles. The molecule has 0 bridgehead atoms. The standard InChI is InChI=1S/C20H25ClN2O6/c1-4-27-15-9-12(8-14(21)18(15)24)17-16(11(2)23(3)20(26)22-17)19(25)29-10-13-6-5-7-28-13/h8-9,13,17,24H,4-7,10H2,1-3H3,(H,22,26)/t13-,17+/m0/s1. The van der Waals surface area contributed by atoms with Crippen LogP contribution in [0, 0.1) is 0 Å². The van der Waals surface area contributed by atoms with Crippen LogP contribution in [0.4, 0.5) is 4.79 Å². The molecule has 8 nitrogen and oxygen atoms in total. The van der Waals surface area contributed by atoms with Crippen LogP contribution in [0.5, 0.6) is 11.5 Å². The van der Waals surface area contributed by atoms with E-state index in [1.807, 2.05) is 0 Å². The van der Waals surface area contributed by atoms with Crippen LogP contribution in [-0.4, -0.2) is 55.0 Å². The zero-order chi connectivity index (χ0) is 21.1. The van der Waals surface area contributed by atoms with E-state index in [1.165, 1.54) is 11.0 Å². The van der Waals surface area contributed by atoms with Crippen LogP contribution in [-0.2, 0) is 14.3 Å². The number of hydrogen-bond acceptors (Lipinski definition) is 6. The van der Waals surface area contributed by atoms with Crippen LogP contribution in [0.1, 0.15) is 38.3 Å². The van der Waals surface area contributed by atoms with Crippen molar-refractivity contribution in [1.29, 1.82) is 0 Å². The summed E-state index contributed by atoms with van der Waals surface area (Å²) in [7, 11) is 1.57. The Bertz CT molecular complexity index is 835. The highest BCUT2D eigenvalue weighted by Gasteiger charge is 2.36. The summed E-state index contributed by atoms with van der Waals surface area (Å²) in [5.74, 6) is -0.565. The number of ether oxygens (including phenoxy) is 3. The van der Waals surface area contributed by atoms with Crippen LogP contribution < -0.4 is 10.1 Å². The van der Waals surface area contributed by atoms with Gasteiger partial charge in [0.2, 0.25) is 0 Å². The molecule has 158 valence electrons. The summed E-state index contributed by atoms with van der Waals surface area (Å²) in [6, 6.07) is 1.89. The number of aromatic hydroxyl groups is 1. The zero-order valence-corrected chi connectivity index (χ0v) is 17.4. The van der Waals surface area contributed by atoms with Gasteiger partial charge in [-0.15, -0.1) is 0 Å². The van der Waals surface area contributed by atoms with E-state index in [-0.39, 0.29) is 40.8 Å². The second-order valence-corrected chi connectivity index (χ2v) is 7.36. The lowest BCUT2D eigenvalue weighted by Gasteiger charge is -2.33. The maximum Gasteiger partial charge on any atom is 0.338 e. The number of allylic oxidation sites excluding steroid dienone is 1. The average molecular weight is 425 g/mol. The Kier molecular flexibility index (Phi) is 6.54. The molecule has 0 unspecified atom stereocenters. The number of hydrogen-bond donors (Lipinski definition) is 2. The highest BCUT2D eigenvalue weighted by atomic mass is 35.5. The van der Waals surface area contributed by atoms with Crippen molar-refractivity contribution in [3.8, 4) is 11.5 Å². The van der Waals surface area contributed by atoms with Gasteiger partial charge in [-0.05, 0) is 44.4 Å². The molecule has 2 aliphatic heterocycles. The predicted molar refractivity (Wildman–Crippen MR) is 106 cm³/mol. The highest BCUT2D eigenvalue weighted by molar-refractivity contribution is 6.32. The first-order chi connectivity index (χ1) is 13.8. The number of rotatable bonds is 6. The molecule has 1 aromatic carbocycles. The number of amides is 2. The van der Waals surface area contributed by atoms with E-state index in [0.717, 1.165) is 12.8 Å². The van der Waals surface area contributed by atoms with Crippen molar-refractivity contribution in [3.05, 3.63) is 34.0 Å². The van der Waals surface area contributed by atoms with E-state index in [0.29, 0.717) is 24.5 Å². The first-order valence-corrected chi connectivity index (χ1v) is 9.90. The van der Waals surface area contributed by atoms with Gasteiger partial charge in [0.1, 0.15) is 6.61 Å². The molecule has 2 amide bonds. The minimum absolute atomic E-state index is 0.0591. The molecule has 2 aliphatic rings. The number of nitrogens with one attached hydrogen (secondary N) is 1. The Morgan fingerprint density at radius 1 is 1.45 bits per heavy atom. The number of benzene rings is 1. The van der Waals surface area contributed by atoms with Gasteiger partial charge in [-0.25, -0.2) is 9.59 Å². The minimum Gasteiger partial charge on any atom is -0.503 e. The monoisotopic (exact) mass is 424 g/mol. The largest absolute Gasteiger partial charge is 0.503 e. The fourth-order valence-electron chi connectivity index (χ4n) is 3.40. The molecule has 2 N–H and O–H groups in total. The maximum atomic E-state index is 12.9. The smallest absolute Gasteiger partial charge is 0.338 e. The fourth-order valence-corrected chi connectivity index (χ4v) is 3.62. The number of esters is 1. The van der Waals surface area contributed by atoms with Gasteiger partial charge in [0, 0.05) is 19.4 Å². The lowest BCUT2D eigenvalue weighted by Crippen LogP contribution is -2.46. The fraction of sp³-hybridized carbons (Fsp3) is 0.500. The normalized spacial score (nSPS) is 21.9. The summed E-state index contributed by atoms with van der Waals surface area (Å²) in [4.78, 5) is 26.7. The molecule has 1 saturated heterocycles. The average Bonchev–Trinajstić information content (AvgIpc) is 3.21. The van der Waals surface area contributed by atoms with Gasteiger partial charge >= 0.3 is 12.0 Å². The van der Waals surface area contributed by atoms with Crippen molar-refractivity contribution in [1.82, 2.24) is 10.2 Å². The van der Waals surface area contributed by atoms with Gasteiger partial charge in [-0.1, -0.05) is 11.6 Å². The Balaban J connectivity index is 1.94. The lowest BCUT2D eigenvalue weighted by molar-refractivity contribution is -0.142. The number of phenols is 1. The van der Waals surface area contributed by atoms with Gasteiger partial charge in [-0.2, -0.15) is 0 Å².